The molecule has 1 fully saturated rings. The normalized spacial score (nSPS) is 21.1. The highest BCUT2D eigenvalue weighted by Crippen LogP contribution is 2.36. The molecule has 0 aliphatic carbocycles. The molecule has 0 bridgehead atoms. The number of aliphatic carboxylic acids is 1. The number of aliphatic imine (C=N–C) groups is 1. The van der Waals surface area contributed by atoms with Gasteiger partial charge >= 0.3 is 5.97 Å². The number of hydrogen-bond donors (Lipinski definition) is 3. The molecule has 1 amide bonds. The topological polar surface area (TPSA) is 125 Å². The Labute approximate surface area is 206 Å². The minimum Gasteiger partial charge on any atom is -0.478 e. The number of amidine groups is 1. The van der Waals surface area contributed by atoms with E-state index in [0.29, 0.717) is 39.7 Å². The number of benzene rings is 1. The van der Waals surface area contributed by atoms with Crippen LogP contribution >= 0.6 is 27.3 Å². The van der Waals surface area contributed by atoms with Gasteiger partial charge in [-0.2, -0.15) is 0 Å². The van der Waals surface area contributed by atoms with Crippen LogP contribution in [0, 0.1) is 5.82 Å². The van der Waals surface area contributed by atoms with Crippen molar-refractivity contribution in [1.82, 2.24) is 20.7 Å². The standard InChI is InChI=1S/C21H21BrFN5O5S/c1-32-27-19(29)15-10-33-6-5-28(15)9-14-16(21(30)31)17(12-3-2-11(23)8-13(12)22)26-18(25-14)20-24-4-7-34-20/h2-4,7-8,15,17H,5-6,9-10H2,1H3,(H,25,26)(H,27,29)(H,30,31)/t15-,17?/m0/s1. The largest absolute Gasteiger partial charge is 0.478 e. The maximum absolute atomic E-state index is 13.8. The summed E-state index contributed by atoms with van der Waals surface area (Å²) in [4.78, 5) is 40.5. The van der Waals surface area contributed by atoms with Gasteiger partial charge in [0.15, 0.2) is 10.8 Å². The number of nitrogens with one attached hydrogen (secondary N) is 2. The molecule has 3 N–H and O–H groups in total. The lowest BCUT2D eigenvalue weighted by Crippen LogP contribution is -2.55. The quantitative estimate of drug-likeness (QED) is 0.443. The number of hydrogen-bond acceptors (Lipinski definition) is 9. The summed E-state index contributed by atoms with van der Waals surface area (Å²) >= 11 is 4.68. The number of hydroxylamine groups is 1. The molecule has 1 aromatic heterocycles. The molecule has 0 radical (unpaired) electrons. The molecule has 180 valence electrons. The second-order valence-corrected chi connectivity index (χ2v) is 9.19. The molecule has 2 aromatic rings. The summed E-state index contributed by atoms with van der Waals surface area (Å²) in [6.07, 6.45) is 1.62. The first-order valence-corrected chi connectivity index (χ1v) is 11.9. The third-order valence-electron chi connectivity index (χ3n) is 5.35. The Morgan fingerprint density at radius 2 is 2.29 bits per heavy atom. The van der Waals surface area contributed by atoms with Gasteiger partial charge in [-0.15, -0.1) is 11.3 Å². The van der Waals surface area contributed by atoms with Crippen LogP contribution in [0.25, 0.3) is 0 Å². The van der Waals surface area contributed by atoms with Gasteiger partial charge in [-0.1, -0.05) is 22.0 Å². The van der Waals surface area contributed by atoms with Crippen molar-refractivity contribution in [3.63, 3.8) is 0 Å². The maximum Gasteiger partial charge on any atom is 0.335 e. The molecule has 2 aliphatic rings. The van der Waals surface area contributed by atoms with Gasteiger partial charge in [0.25, 0.3) is 5.91 Å². The third-order valence-corrected chi connectivity index (χ3v) is 6.82. The summed E-state index contributed by atoms with van der Waals surface area (Å²) in [5.74, 6) is -1.66. The molecule has 0 saturated carbocycles. The van der Waals surface area contributed by atoms with E-state index >= 15 is 0 Å². The van der Waals surface area contributed by atoms with Gasteiger partial charge in [-0.3, -0.25) is 19.5 Å². The second kappa shape index (κ2) is 10.7. The fourth-order valence-electron chi connectivity index (χ4n) is 3.81. The molecule has 1 aromatic carbocycles. The van der Waals surface area contributed by atoms with Crippen molar-refractivity contribution < 1.29 is 28.7 Å². The molecule has 1 unspecified atom stereocenters. The van der Waals surface area contributed by atoms with Crippen molar-refractivity contribution in [1.29, 1.82) is 0 Å². The molecule has 2 aliphatic heterocycles. The lowest BCUT2D eigenvalue weighted by molar-refractivity contribution is -0.142. The summed E-state index contributed by atoms with van der Waals surface area (Å²) in [5, 5.41) is 15.7. The van der Waals surface area contributed by atoms with E-state index in [0.717, 1.165) is 0 Å². The summed E-state index contributed by atoms with van der Waals surface area (Å²) in [6.45, 7) is 1.01. The molecule has 13 heteroatoms. The number of thiazole rings is 1. The molecule has 2 atom stereocenters. The molecule has 3 heterocycles. The number of carbonyl (C=O) groups is 2. The van der Waals surface area contributed by atoms with Crippen LogP contribution in [0.2, 0.25) is 0 Å². The van der Waals surface area contributed by atoms with Crippen molar-refractivity contribution in [3.8, 4) is 0 Å². The molecule has 10 nitrogen and oxygen atoms in total. The monoisotopic (exact) mass is 553 g/mol. The smallest absolute Gasteiger partial charge is 0.335 e. The van der Waals surface area contributed by atoms with Crippen molar-refractivity contribution in [2.45, 2.75) is 12.1 Å². The highest BCUT2D eigenvalue weighted by atomic mass is 79.9. The van der Waals surface area contributed by atoms with Gasteiger partial charge in [0.2, 0.25) is 0 Å². The number of halogens is 2. The predicted molar refractivity (Wildman–Crippen MR) is 125 cm³/mol. The first-order chi connectivity index (χ1) is 16.4. The van der Waals surface area contributed by atoms with Crippen LogP contribution in [0.15, 0.2) is 50.5 Å². The van der Waals surface area contributed by atoms with E-state index in [1.165, 1.54) is 36.6 Å². The van der Waals surface area contributed by atoms with Crippen molar-refractivity contribution in [3.05, 3.63) is 61.9 Å². The molecule has 1 saturated heterocycles. The van der Waals surface area contributed by atoms with E-state index < -0.39 is 29.8 Å². The molecular weight excluding hydrogens is 533 g/mol. The van der Waals surface area contributed by atoms with Crippen LogP contribution in [0.3, 0.4) is 0 Å². The Kier molecular flexibility index (Phi) is 7.68. The Morgan fingerprint density at radius 3 is 2.97 bits per heavy atom. The van der Waals surface area contributed by atoms with Crippen molar-refractivity contribution in [2.75, 3.05) is 33.4 Å². The van der Waals surface area contributed by atoms with Crippen LogP contribution in [0.4, 0.5) is 4.39 Å². The predicted octanol–water partition coefficient (Wildman–Crippen LogP) is 1.85. The van der Waals surface area contributed by atoms with Gasteiger partial charge in [-0.25, -0.2) is 19.6 Å². The van der Waals surface area contributed by atoms with Crippen LogP contribution in [0.1, 0.15) is 16.6 Å². The number of carboxylic acids is 1. The minimum absolute atomic E-state index is 0.00925. The number of amides is 1. The number of carboxylic acid groups (broad SMARTS) is 1. The number of carbonyl (C=O) groups excluding carboxylic acids is 1. The lowest BCUT2D eigenvalue weighted by Gasteiger charge is -2.36. The van der Waals surface area contributed by atoms with E-state index in [1.54, 1.807) is 11.6 Å². The number of morpholine rings is 1. The van der Waals surface area contributed by atoms with Gasteiger partial charge in [0.1, 0.15) is 17.9 Å². The van der Waals surface area contributed by atoms with Crippen molar-refractivity contribution in [2.24, 2.45) is 4.99 Å². The summed E-state index contributed by atoms with van der Waals surface area (Å²) in [5.41, 5.74) is 3.14. The highest BCUT2D eigenvalue weighted by molar-refractivity contribution is 9.10. The van der Waals surface area contributed by atoms with Crippen LogP contribution in [-0.4, -0.2) is 72.2 Å². The SMILES string of the molecule is CONC(=O)[C@@H]1COCCN1CC1=C(C(=O)O)C(c2ccc(F)cc2Br)N=C(c2nccs2)N1. The molecular formula is C21H21BrFN5O5S. The van der Waals surface area contributed by atoms with Crippen LogP contribution in [0.5, 0.6) is 0 Å². The van der Waals surface area contributed by atoms with Gasteiger partial charge in [0, 0.05) is 34.8 Å². The minimum atomic E-state index is -1.18. The number of rotatable bonds is 7. The average molecular weight is 554 g/mol. The molecule has 4 rings (SSSR count). The fourth-order valence-corrected chi connectivity index (χ4v) is 4.97. The van der Waals surface area contributed by atoms with Crippen molar-refractivity contribution >= 4 is 45.0 Å². The van der Waals surface area contributed by atoms with Crippen LogP contribution < -0.4 is 10.8 Å². The number of aromatic nitrogens is 1. The Morgan fingerprint density at radius 1 is 1.47 bits per heavy atom. The Balaban J connectivity index is 1.77. The average Bonchev–Trinajstić information content (AvgIpc) is 3.34. The van der Waals surface area contributed by atoms with E-state index in [1.807, 2.05) is 4.90 Å². The first kappa shape index (κ1) is 24.4. The van der Waals surface area contributed by atoms with E-state index in [9.17, 15) is 19.1 Å². The van der Waals surface area contributed by atoms with Gasteiger partial charge in [0.05, 0.1) is 25.9 Å². The molecule has 0 spiro atoms. The zero-order valence-electron chi connectivity index (χ0n) is 18.0. The number of nitrogens with zero attached hydrogens (tertiary/aromatic N) is 3. The van der Waals surface area contributed by atoms with E-state index in [-0.39, 0.29) is 18.7 Å². The Bertz CT molecular complexity index is 1140. The first-order valence-electron chi connectivity index (χ1n) is 10.2. The van der Waals surface area contributed by atoms with Gasteiger partial charge in [-0.05, 0) is 17.7 Å². The van der Waals surface area contributed by atoms with Crippen LogP contribution in [-0.2, 0) is 19.2 Å². The molecule has 34 heavy (non-hydrogen) atoms. The highest BCUT2D eigenvalue weighted by Gasteiger charge is 2.36. The maximum atomic E-state index is 13.8. The summed E-state index contributed by atoms with van der Waals surface area (Å²) in [6, 6.07) is 2.41. The fraction of sp³-hybridized carbons (Fsp3) is 0.333. The van der Waals surface area contributed by atoms with E-state index in [2.05, 4.69) is 36.7 Å². The summed E-state index contributed by atoms with van der Waals surface area (Å²) in [7, 11) is 1.33. The summed E-state index contributed by atoms with van der Waals surface area (Å²) < 4.78 is 19.6. The van der Waals surface area contributed by atoms with Gasteiger partial charge < -0.3 is 15.2 Å². The second-order valence-electron chi connectivity index (χ2n) is 7.44. The number of ether oxygens (including phenoxy) is 1. The van der Waals surface area contributed by atoms with E-state index in [4.69, 9.17) is 9.57 Å². The third kappa shape index (κ3) is 5.18. The zero-order valence-corrected chi connectivity index (χ0v) is 20.4. The zero-order chi connectivity index (χ0) is 24.2. The lowest BCUT2D eigenvalue weighted by atomic mass is 9.95. The Hall–Kier alpha value is -2.71.